The molecule has 0 fully saturated rings. The van der Waals surface area contributed by atoms with Gasteiger partial charge in [0.1, 0.15) is 11.5 Å². The number of esters is 1. The first-order valence-corrected chi connectivity index (χ1v) is 11.5. The maximum absolute atomic E-state index is 13.6. The van der Waals surface area contributed by atoms with Crippen LogP contribution in [-0.2, 0) is 9.53 Å². The van der Waals surface area contributed by atoms with Crippen molar-refractivity contribution in [3.63, 3.8) is 0 Å². The molecule has 0 atom stereocenters. The Morgan fingerprint density at radius 3 is 2.73 bits per heavy atom. The molecule has 0 bridgehead atoms. The minimum Gasteiger partial charge on any atom is -0.463 e. The number of benzene rings is 2. The minimum atomic E-state index is -2.76. The molecule has 2 aromatic carbocycles. The summed E-state index contributed by atoms with van der Waals surface area (Å²) in [6.07, 6.45) is 1.67. The zero-order chi connectivity index (χ0) is 26.5. The minimum absolute atomic E-state index is 0.0842. The summed E-state index contributed by atoms with van der Waals surface area (Å²) in [4.78, 5) is 20.6. The average molecular weight is 528 g/mol. The van der Waals surface area contributed by atoms with Gasteiger partial charge in [0.2, 0.25) is 5.95 Å². The Kier molecular flexibility index (Phi) is 7.88. The first-order chi connectivity index (χ1) is 17.7. The number of nitrogens with zero attached hydrogens (tertiary/aromatic N) is 4. The second-order valence-corrected chi connectivity index (χ2v) is 8.23. The smallest absolute Gasteiger partial charge is 0.330 e. The number of anilines is 2. The zero-order valence-corrected chi connectivity index (χ0v) is 20.5. The monoisotopic (exact) mass is 527 g/mol. The van der Waals surface area contributed by atoms with Gasteiger partial charge < -0.3 is 10.1 Å². The predicted octanol–water partition coefficient (Wildman–Crippen LogP) is 6.69. The number of nitrogens with one attached hydrogen (secondary N) is 1. The summed E-state index contributed by atoms with van der Waals surface area (Å²) in [6.45, 7) is 3.61. The van der Waals surface area contributed by atoms with Crippen LogP contribution in [0, 0.1) is 12.7 Å². The van der Waals surface area contributed by atoms with E-state index in [0.717, 1.165) is 0 Å². The Labute approximate surface area is 215 Å². The maximum Gasteiger partial charge on any atom is 0.330 e. The molecule has 0 radical (unpaired) electrons. The van der Waals surface area contributed by atoms with E-state index in [1.54, 1.807) is 44.2 Å². The molecular weight excluding hydrogens is 507 g/mol. The third kappa shape index (κ3) is 6.15. The van der Waals surface area contributed by atoms with Gasteiger partial charge in [-0.25, -0.2) is 27.6 Å². The average Bonchev–Trinajstić information content (AvgIpc) is 3.27. The standard InChI is InChI=1S/C26H21ClF3N5O2/c1-3-37-23(36)10-7-16-5-4-6-17(12-16)19-14-31-26(32-18-8-9-21(28)20(27)13-18)33-25(19)35-15(2)11-22(34-35)24(29)30/h4-14,24H,3H2,1-2H3,(H,31,32,33)/b10-7+. The SMILES string of the molecule is CCOC(=O)/C=C/c1cccc(-c2cnc(Nc3ccc(F)c(Cl)c3)nc2-n2nc(C(F)F)cc2C)c1. The highest BCUT2D eigenvalue weighted by molar-refractivity contribution is 6.31. The van der Waals surface area contributed by atoms with Gasteiger partial charge in [0.05, 0.1) is 11.6 Å². The van der Waals surface area contributed by atoms with Crippen molar-refractivity contribution in [3.8, 4) is 16.9 Å². The molecule has 2 heterocycles. The summed E-state index contributed by atoms with van der Waals surface area (Å²) < 4.78 is 46.5. The number of hydrogen-bond donors (Lipinski definition) is 1. The Bertz CT molecular complexity index is 1470. The highest BCUT2D eigenvalue weighted by Crippen LogP contribution is 2.30. The maximum atomic E-state index is 13.6. The second kappa shape index (κ2) is 11.3. The number of alkyl halides is 2. The number of ether oxygens (including phenoxy) is 1. The second-order valence-electron chi connectivity index (χ2n) is 7.82. The van der Waals surface area contributed by atoms with Crippen LogP contribution in [0.25, 0.3) is 23.0 Å². The van der Waals surface area contributed by atoms with E-state index in [2.05, 4.69) is 20.4 Å². The van der Waals surface area contributed by atoms with Crippen LogP contribution >= 0.6 is 11.6 Å². The normalized spacial score (nSPS) is 11.3. The molecule has 0 aliphatic heterocycles. The largest absolute Gasteiger partial charge is 0.463 e. The van der Waals surface area contributed by atoms with E-state index in [1.165, 1.54) is 41.2 Å². The van der Waals surface area contributed by atoms with E-state index < -0.39 is 23.9 Å². The molecule has 0 spiro atoms. The number of aryl methyl sites for hydroxylation is 1. The van der Waals surface area contributed by atoms with E-state index >= 15 is 0 Å². The topological polar surface area (TPSA) is 81.9 Å². The van der Waals surface area contributed by atoms with Gasteiger partial charge in [0.25, 0.3) is 6.43 Å². The van der Waals surface area contributed by atoms with Crippen LogP contribution in [0.1, 0.15) is 30.3 Å². The van der Waals surface area contributed by atoms with Gasteiger partial charge in [-0.05, 0) is 61.4 Å². The summed E-state index contributed by atoms with van der Waals surface area (Å²) in [6, 6.07) is 12.5. The van der Waals surface area contributed by atoms with Crippen molar-refractivity contribution < 1.29 is 22.7 Å². The molecule has 0 aliphatic rings. The van der Waals surface area contributed by atoms with Gasteiger partial charge in [-0.3, -0.25) is 0 Å². The molecule has 0 saturated carbocycles. The summed E-state index contributed by atoms with van der Waals surface area (Å²) in [5.74, 6) is -0.692. The molecule has 2 aromatic heterocycles. The fourth-order valence-corrected chi connectivity index (χ4v) is 3.67. The van der Waals surface area contributed by atoms with Gasteiger partial charge >= 0.3 is 5.97 Å². The molecule has 1 N–H and O–H groups in total. The van der Waals surface area contributed by atoms with E-state index in [4.69, 9.17) is 16.3 Å². The van der Waals surface area contributed by atoms with Crippen LogP contribution in [0.3, 0.4) is 0 Å². The van der Waals surface area contributed by atoms with Gasteiger partial charge in [0, 0.05) is 29.2 Å². The molecule has 190 valence electrons. The lowest BCUT2D eigenvalue weighted by Gasteiger charge is -2.13. The van der Waals surface area contributed by atoms with Crippen molar-refractivity contribution in [2.24, 2.45) is 0 Å². The fraction of sp³-hybridized carbons (Fsp3) is 0.154. The Morgan fingerprint density at radius 1 is 1.22 bits per heavy atom. The number of carbonyl (C=O) groups excluding carboxylic acids is 1. The third-order valence-electron chi connectivity index (χ3n) is 5.17. The number of carbonyl (C=O) groups is 1. The molecule has 4 rings (SSSR count). The van der Waals surface area contributed by atoms with E-state index in [-0.39, 0.29) is 23.4 Å². The lowest BCUT2D eigenvalue weighted by molar-refractivity contribution is -0.137. The van der Waals surface area contributed by atoms with Gasteiger partial charge in [-0.15, -0.1) is 0 Å². The third-order valence-corrected chi connectivity index (χ3v) is 5.46. The molecule has 4 aromatic rings. The van der Waals surface area contributed by atoms with Gasteiger partial charge in [0.15, 0.2) is 5.82 Å². The van der Waals surface area contributed by atoms with E-state index in [0.29, 0.717) is 28.1 Å². The van der Waals surface area contributed by atoms with Gasteiger partial charge in [-0.2, -0.15) is 10.1 Å². The van der Waals surface area contributed by atoms with E-state index in [1.807, 2.05) is 0 Å². The van der Waals surface area contributed by atoms with Crippen molar-refractivity contribution in [2.45, 2.75) is 20.3 Å². The van der Waals surface area contributed by atoms with E-state index in [9.17, 15) is 18.0 Å². The van der Waals surface area contributed by atoms with Crippen LogP contribution in [0.5, 0.6) is 0 Å². The van der Waals surface area contributed by atoms with Crippen molar-refractivity contribution in [2.75, 3.05) is 11.9 Å². The molecule has 0 aliphatic carbocycles. The summed E-state index contributed by atoms with van der Waals surface area (Å²) in [7, 11) is 0. The van der Waals surface area contributed by atoms with Crippen LogP contribution in [0.15, 0.2) is 60.8 Å². The number of aromatic nitrogens is 4. The van der Waals surface area contributed by atoms with Gasteiger partial charge in [-0.1, -0.05) is 29.8 Å². The zero-order valence-electron chi connectivity index (χ0n) is 19.8. The Morgan fingerprint density at radius 2 is 2.03 bits per heavy atom. The first-order valence-electron chi connectivity index (χ1n) is 11.1. The Balaban J connectivity index is 1.78. The lowest BCUT2D eigenvalue weighted by atomic mass is 10.0. The highest BCUT2D eigenvalue weighted by atomic mass is 35.5. The lowest BCUT2D eigenvalue weighted by Crippen LogP contribution is -2.08. The summed E-state index contributed by atoms with van der Waals surface area (Å²) in [5, 5.41) is 6.90. The first kappa shape index (κ1) is 25.9. The summed E-state index contributed by atoms with van der Waals surface area (Å²) >= 11 is 5.87. The molecule has 11 heteroatoms. The van der Waals surface area contributed by atoms with Crippen LogP contribution < -0.4 is 5.32 Å². The summed E-state index contributed by atoms with van der Waals surface area (Å²) in [5.41, 5.74) is 2.33. The predicted molar refractivity (Wildman–Crippen MR) is 135 cm³/mol. The van der Waals surface area contributed by atoms with Crippen LogP contribution in [0.2, 0.25) is 5.02 Å². The number of rotatable bonds is 8. The molecule has 0 saturated heterocycles. The molecule has 0 unspecified atom stereocenters. The fourth-order valence-electron chi connectivity index (χ4n) is 3.49. The molecule has 0 amide bonds. The molecule has 7 nitrogen and oxygen atoms in total. The molecular formula is C26H21ClF3N5O2. The van der Waals surface area contributed by atoms with Crippen molar-refractivity contribution in [1.29, 1.82) is 0 Å². The van der Waals surface area contributed by atoms with Crippen molar-refractivity contribution >= 4 is 35.3 Å². The van der Waals surface area contributed by atoms with Crippen molar-refractivity contribution in [3.05, 3.63) is 88.6 Å². The highest BCUT2D eigenvalue weighted by Gasteiger charge is 2.19. The number of hydrogen-bond acceptors (Lipinski definition) is 6. The molecule has 37 heavy (non-hydrogen) atoms. The van der Waals surface area contributed by atoms with Crippen molar-refractivity contribution in [1.82, 2.24) is 19.7 Å². The quantitative estimate of drug-likeness (QED) is 0.203. The number of halogens is 4. The van der Waals surface area contributed by atoms with Crippen LogP contribution in [-0.4, -0.2) is 32.3 Å². The van der Waals surface area contributed by atoms with Crippen LogP contribution in [0.4, 0.5) is 24.8 Å². The Hall–Kier alpha value is -4.18.